The Balaban J connectivity index is 1.55. The number of benzene rings is 2. The van der Waals surface area contributed by atoms with Crippen LogP contribution in [0.2, 0.25) is 0 Å². The van der Waals surface area contributed by atoms with Crippen molar-refractivity contribution in [1.82, 2.24) is 0 Å². The van der Waals surface area contributed by atoms with Gasteiger partial charge in [0.15, 0.2) is 5.78 Å². The zero-order chi connectivity index (χ0) is 20.1. The molecule has 5 N–H and O–H groups in total. The predicted octanol–water partition coefficient (Wildman–Crippen LogP) is 2.66. The van der Waals surface area contributed by atoms with Gasteiger partial charge in [-0.1, -0.05) is 6.07 Å². The van der Waals surface area contributed by atoms with Gasteiger partial charge in [-0.05, 0) is 48.4 Å². The lowest BCUT2D eigenvalue weighted by molar-refractivity contribution is -0.117. The molecule has 1 aliphatic heterocycles. The Morgan fingerprint density at radius 3 is 2.46 bits per heavy atom. The van der Waals surface area contributed by atoms with Crippen LogP contribution in [0.5, 0.6) is 0 Å². The minimum Gasteiger partial charge on any atom is -0.351 e. The highest BCUT2D eigenvalue weighted by Crippen LogP contribution is 2.24. The van der Waals surface area contributed by atoms with E-state index in [9.17, 15) is 19.2 Å². The number of hydrogen-bond donors (Lipinski definition) is 4. The van der Waals surface area contributed by atoms with Crippen LogP contribution in [-0.4, -0.2) is 23.6 Å². The number of hydrogen-bond acceptors (Lipinski definition) is 4. The summed E-state index contributed by atoms with van der Waals surface area (Å²) in [4.78, 5) is 46.8. The van der Waals surface area contributed by atoms with Gasteiger partial charge in [-0.3, -0.25) is 14.4 Å². The van der Waals surface area contributed by atoms with Crippen LogP contribution in [0.3, 0.4) is 0 Å². The minimum atomic E-state index is -0.696. The van der Waals surface area contributed by atoms with E-state index in [1.54, 1.807) is 42.5 Å². The molecule has 4 amide bonds. The highest BCUT2D eigenvalue weighted by molar-refractivity contribution is 6.01. The summed E-state index contributed by atoms with van der Waals surface area (Å²) in [5.41, 5.74) is 8.20. The van der Waals surface area contributed by atoms with E-state index in [-0.39, 0.29) is 30.4 Å². The van der Waals surface area contributed by atoms with Crippen molar-refractivity contribution in [3.05, 3.63) is 53.6 Å². The molecule has 144 valence electrons. The molecular formula is C20H20N4O4. The molecule has 0 radical (unpaired) electrons. The zero-order valence-electron chi connectivity index (χ0n) is 15.1. The number of fused-ring (bicyclic) bond motifs is 1. The van der Waals surface area contributed by atoms with E-state index in [0.717, 1.165) is 11.3 Å². The van der Waals surface area contributed by atoms with Gasteiger partial charge in [-0.15, -0.1) is 0 Å². The van der Waals surface area contributed by atoms with E-state index in [2.05, 4.69) is 16.0 Å². The fraction of sp³-hybridized carbons (Fsp3) is 0.200. The third kappa shape index (κ3) is 4.94. The highest BCUT2D eigenvalue weighted by atomic mass is 16.2. The van der Waals surface area contributed by atoms with Crippen LogP contribution < -0.4 is 21.7 Å². The summed E-state index contributed by atoms with van der Waals surface area (Å²) in [6, 6.07) is 11.0. The maximum Gasteiger partial charge on any atom is 0.316 e. The van der Waals surface area contributed by atoms with Crippen LogP contribution in [0.25, 0.3) is 0 Å². The first-order valence-electron chi connectivity index (χ1n) is 8.83. The van der Waals surface area contributed by atoms with Gasteiger partial charge >= 0.3 is 6.03 Å². The van der Waals surface area contributed by atoms with Crippen molar-refractivity contribution in [2.45, 2.75) is 25.7 Å². The third-order valence-corrected chi connectivity index (χ3v) is 4.32. The minimum absolute atomic E-state index is 0.0279. The average Bonchev–Trinajstić information content (AvgIpc) is 2.65. The lowest BCUT2D eigenvalue weighted by atomic mass is 9.97. The summed E-state index contributed by atoms with van der Waals surface area (Å²) >= 11 is 0. The number of primary amides is 1. The molecule has 0 saturated heterocycles. The van der Waals surface area contributed by atoms with Crippen LogP contribution in [0.4, 0.5) is 21.9 Å². The second kappa shape index (κ2) is 8.34. The summed E-state index contributed by atoms with van der Waals surface area (Å²) < 4.78 is 0. The van der Waals surface area contributed by atoms with Gasteiger partial charge in [-0.2, -0.15) is 0 Å². The first-order valence-corrected chi connectivity index (χ1v) is 8.83. The van der Waals surface area contributed by atoms with E-state index in [4.69, 9.17) is 5.73 Å². The molecule has 0 saturated carbocycles. The molecular weight excluding hydrogens is 360 g/mol. The standard InChI is InChI=1S/C20H20N4O4/c21-20(28)23-15-3-1-2-14(11-15)22-18(26)9-7-17(25)13-4-6-16-12(10-13)5-8-19(27)24-16/h1-4,6,10-11H,5,7-9H2,(H,22,26)(H,24,27)(H3,21,23,28). The van der Waals surface area contributed by atoms with Crippen LogP contribution in [0.1, 0.15) is 35.2 Å². The maximum atomic E-state index is 12.4. The summed E-state index contributed by atoms with van der Waals surface area (Å²) in [5.74, 6) is -0.480. The van der Waals surface area contributed by atoms with Crippen LogP contribution in [0.15, 0.2) is 42.5 Å². The van der Waals surface area contributed by atoms with Gasteiger partial charge in [0.1, 0.15) is 0 Å². The van der Waals surface area contributed by atoms with Crippen molar-refractivity contribution in [1.29, 1.82) is 0 Å². The molecule has 0 aliphatic carbocycles. The van der Waals surface area contributed by atoms with Gasteiger partial charge in [-0.25, -0.2) is 4.79 Å². The average molecular weight is 380 g/mol. The molecule has 8 nitrogen and oxygen atoms in total. The van der Waals surface area contributed by atoms with E-state index in [1.807, 2.05) is 0 Å². The zero-order valence-corrected chi connectivity index (χ0v) is 15.1. The summed E-state index contributed by atoms with van der Waals surface area (Å²) in [5, 5.41) is 7.88. The molecule has 3 rings (SSSR count). The molecule has 0 unspecified atom stereocenters. The monoisotopic (exact) mass is 380 g/mol. The molecule has 28 heavy (non-hydrogen) atoms. The van der Waals surface area contributed by atoms with E-state index in [1.165, 1.54) is 0 Å². The van der Waals surface area contributed by atoms with Crippen molar-refractivity contribution < 1.29 is 19.2 Å². The molecule has 0 aromatic heterocycles. The first kappa shape index (κ1) is 19.1. The molecule has 0 fully saturated rings. The number of nitrogens with two attached hydrogens (primary N) is 1. The number of urea groups is 1. The van der Waals surface area contributed by atoms with Crippen LogP contribution in [-0.2, 0) is 16.0 Å². The van der Waals surface area contributed by atoms with Crippen LogP contribution >= 0.6 is 0 Å². The quantitative estimate of drug-likeness (QED) is 0.574. The topological polar surface area (TPSA) is 130 Å². The van der Waals surface area contributed by atoms with Gasteiger partial charge in [0.05, 0.1) is 0 Å². The Kier molecular flexibility index (Phi) is 5.69. The SMILES string of the molecule is NC(=O)Nc1cccc(NC(=O)CCC(=O)c2ccc3c(c2)CCC(=O)N3)c1. The van der Waals surface area contributed by atoms with E-state index < -0.39 is 6.03 Å². The molecule has 2 aromatic carbocycles. The molecule has 8 heteroatoms. The van der Waals surface area contributed by atoms with Crippen molar-refractivity contribution in [3.63, 3.8) is 0 Å². The summed E-state index contributed by atoms with van der Waals surface area (Å²) in [7, 11) is 0. The van der Waals surface area contributed by atoms with Crippen molar-refractivity contribution >= 4 is 40.7 Å². The second-order valence-electron chi connectivity index (χ2n) is 6.46. The Bertz CT molecular complexity index is 955. The lowest BCUT2D eigenvalue weighted by Crippen LogP contribution is -2.20. The number of nitrogens with one attached hydrogen (secondary N) is 3. The smallest absolute Gasteiger partial charge is 0.316 e. The Hall–Kier alpha value is -3.68. The number of carbonyl (C=O) groups excluding carboxylic acids is 4. The number of Topliss-reactive ketones (excluding diaryl/α,β-unsaturated/α-hetero) is 1. The van der Waals surface area contributed by atoms with E-state index in [0.29, 0.717) is 29.8 Å². The van der Waals surface area contributed by atoms with Gasteiger partial charge in [0.25, 0.3) is 0 Å². The summed E-state index contributed by atoms with van der Waals surface area (Å²) in [6.45, 7) is 0. The third-order valence-electron chi connectivity index (χ3n) is 4.32. The van der Waals surface area contributed by atoms with Gasteiger partial charge in [0.2, 0.25) is 11.8 Å². The first-order chi connectivity index (χ1) is 13.4. The number of amides is 4. The fourth-order valence-electron chi connectivity index (χ4n) is 2.97. The Morgan fingerprint density at radius 2 is 1.71 bits per heavy atom. The lowest BCUT2D eigenvalue weighted by Gasteiger charge is -2.17. The molecule has 0 bridgehead atoms. The normalized spacial score (nSPS) is 12.5. The van der Waals surface area contributed by atoms with Crippen LogP contribution in [0, 0.1) is 0 Å². The highest BCUT2D eigenvalue weighted by Gasteiger charge is 2.17. The van der Waals surface area contributed by atoms with Crippen molar-refractivity contribution in [2.75, 3.05) is 16.0 Å². The predicted molar refractivity (Wildman–Crippen MR) is 105 cm³/mol. The van der Waals surface area contributed by atoms with Gasteiger partial charge in [0, 0.05) is 41.9 Å². The number of carbonyl (C=O) groups is 4. The number of aryl methyl sites for hydroxylation is 1. The fourth-order valence-corrected chi connectivity index (χ4v) is 2.97. The number of rotatable bonds is 6. The molecule has 2 aromatic rings. The largest absolute Gasteiger partial charge is 0.351 e. The number of anilines is 3. The van der Waals surface area contributed by atoms with Crippen molar-refractivity contribution in [3.8, 4) is 0 Å². The Labute approximate surface area is 161 Å². The molecule has 1 heterocycles. The van der Waals surface area contributed by atoms with Crippen molar-refractivity contribution in [2.24, 2.45) is 5.73 Å². The molecule has 0 atom stereocenters. The van der Waals surface area contributed by atoms with Gasteiger partial charge < -0.3 is 21.7 Å². The second-order valence-corrected chi connectivity index (χ2v) is 6.46. The number of ketones is 1. The Morgan fingerprint density at radius 1 is 0.964 bits per heavy atom. The molecule has 0 spiro atoms. The summed E-state index contributed by atoms with van der Waals surface area (Å²) in [6.07, 6.45) is 1.09. The molecule has 1 aliphatic rings. The maximum absolute atomic E-state index is 12.4. The van der Waals surface area contributed by atoms with E-state index >= 15 is 0 Å².